The Labute approximate surface area is 323 Å². The lowest BCUT2D eigenvalue weighted by molar-refractivity contribution is -0.146. The monoisotopic (exact) mass is 819 g/mol. The van der Waals surface area contributed by atoms with Gasteiger partial charge in [0.05, 0.1) is 30.0 Å². The van der Waals surface area contributed by atoms with Crippen LogP contribution in [0.3, 0.4) is 0 Å². The van der Waals surface area contributed by atoms with Crippen molar-refractivity contribution in [2.45, 2.75) is 84.7 Å². The molecule has 0 unspecified atom stereocenters. The summed E-state index contributed by atoms with van der Waals surface area (Å²) in [5, 5.41) is -0.00621. The molecule has 3 aliphatic rings. The number of imide groups is 1. The largest absolute Gasteiger partial charge is 0.480 e. The van der Waals surface area contributed by atoms with Crippen LogP contribution < -0.4 is 9.64 Å². The molecule has 1 aromatic heterocycles. The summed E-state index contributed by atoms with van der Waals surface area (Å²) in [6.45, 7) is 5.66. The number of amides is 2. The molecule has 10 nitrogen and oxygen atoms in total. The zero-order valence-corrected chi connectivity index (χ0v) is 32.1. The van der Waals surface area contributed by atoms with E-state index in [0.29, 0.717) is 42.9 Å². The highest BCUT2D eigenvalue weighted by molar-refractivity contribution is 8.14. The van der Waals surface area contributed by atoms with Gasteiger partial charge in [0.15, 0.2) is 12.3 Å². The van der Waals surface area contributed by atoms with Crippen LogP contribution in [0.4, 0.5) is 32.0 Å². The van der Waals surface area contributed by atoms with Gasteiger partial charge in [-0.1, -0.05) is 45.2 Å². The molecule has 0 saturated heterocycles. The van der Waals surface area contributed by atoms with Gasteiger partial charge in [0.25, 0.3) is 18.2 Å². The molecule has 1 aliphatic carbocycles. The SMILES string of the molecule is CCCCCOC(=O)COc1cc(N2C(=O)C3=C(CCCC3)C2=O)c(F)cc1Cl.COC(=O)c1c(C(F)F)nc(C(F)(F)F)c(C2=NCCS2)c1CC(C)C. The Hall–Kier alpha value is -4.12. The van der Waals surface area contributed by atoms with Crippen LogP contribution >= 0.6 is 23.4 Å². The first-order chi connectivity index (χ1) is 26.0. The molecule has 0 N–H and O–H groups in total. The number of hydrogen-bond acceptors (Lipinski definition) is 10. The van der Waals surface area contributed by atoms with Crippen LogP contribution in [0.2, 0.25) is 5.02 Å². The molecule has 18 heteroatoms. The van der Waals surface area contributed by atoms with Crippen LogP contribution in [-0.4, -0.2) is 66.4 Å². The Kier molecular flexibility index (Phi) is 15.2. The fourth-order valence-electron chi connectivity index (χ4n) is 6.15. The Morgan fingerprint density at radius 1 is 1.05 bits per heavy atom. The number of unbranched alkanes of at least 4 members (excludes halogenated alkanes) is 2. The van der Waals surface area contributed by atoms with E-state index in [4.69, 9.17) is 21.1 Å². The summed E-state index contributed by atoms with van der Waals surface area (Å²) in [7, 11) is 0.982. The van der Waals surface area contributed by atoms with E-state index in [1.165, 1.54) is 6.07 Å². The minimum absolute atomic E-state index is 0.000883. The molecule has 300 valence electrons. The lowest BCUT2D eigenvalue weighted by Gasteiger charge is -2.22. The summed E-state index contributed by atoms with van der Waals surface area (Å²) >= 11 is 7.10. The van der Waals surface area contributed by atoms with Crippen LogP contribution in [0.15, 0.2) is 28.3 Å². The van der Waals surface area contributed by atoms with Crippen molar-refractivity contribution in [1.29, 1.82) is 0 Å². The highest BCUT2D eigenvalue weighted by Crippen LogP contribution is 2.41. The fourth-order valence-corrected chi connectivity index (χ4v) is 7.28. The van der Waals surface area contributed by atoms with Gasteiger partial charge in [0.2, 0.25) is 0 Å². The molecule has 2 amide bonds. The third-order valence-electron chi connectivity index (χ3n) is 8.59. The van der Waals surface area contributed by atoms with E-state index in [2.05, 4.69) is 14.7 Å². The van der Waals surface area contributed by atoms with E-state index in [1.807, 2.05) is 6.92 Å². The molecular formula is C37H40ClF6N3O7S. The predicted octanol–water partition coefficient (Wildman–Crippen LogP) is 8.85. The van der Waals surface area contributed by atoms with Gasteiger partial charge in [-0.2, -0.15) is 13.2 Å². The Balaban J connectivity index is 0.000000246. The number of carbonyl (C=O) groups excluding carboxylic acids is 4. The van der Waals surface area contributed by atoms with Crippen molar-refractivity contribution in [2.75, 3.05) is 37.5 Å². The van der Waals surface area contributed by atoms with Gasteiger partial charge in [0, 0.05) is 35.1 Å². The number of thioether (sulfide) groups is 1. The number of ether oxygens (including phenoxy) is 3. The zero-order chi connectivity index (χ0) is 40.6. The topological polar surface area (TPSA) is 124 Å². The number of benzene rings is 1. The number of nitrogens with zero attached hydrogens (tertiary/aromatic N) is 3. The number of rotatable bonds is 13. The molecule has 1 aromatic carbocycles. The van der Waals surface area contributed by atoms with Crippen molar-refractivity contribution in [3.63, 3.8) is 0 Å². The van der Waals surface area contributed by atoms with Crippen LogP contribution in [-0.2, 0) is 36.5 Å². The molecule has 0 spiro atoms. The number of anilines is 1. The molecule has 0 fully saturated rings. The minimum atomic E-state index is -4.97. The number of hydrogen-bond donors (Lipinski definition) is 0. The smallest absolute Gasteiger partial charge is 0.434 e. The number of esters is 2. The van der Waals surface area contributed by atoms with Crippen molar-refractivity contribution >= 4 is 57.8 Å². The molecular weight excluding hydrogens is 780 g/mol. The molecule has 5 rings (SSSR count). The summed E-state index contributed by atoms with van der Waals surface area (Å²) in [6.07, 6.45) is -2.95. The van der Waals surface area contributed by atoms with Gasteiger partial charge in [-0.3, -0.25) is 14.6 Å². The number of pyridine rings is 1. The van der Waals surface area contributed by atoms with Crippen LogP contribution in [0, 0.1) is 11.7 Å². The van der Waals surface area contributed by atoms with E-state index in [1.54, 1.807) is 13.8 Å². The lowest BCUT2D eigenvalue weighted by atomic mass is 9.91. The van der Waals surface area contributed by atoms with Crippen LogP contribution in [0.1, 0.15) is 105 Å². The van der Waals surface area contributed by atoms with Crippen LogP contribution in [0.25, 0.3) is 0 Å². The number of methoxy groups -OCH3 is 1. The van der Waals surface area contributed by atoms with Gasteiger partial charge in [-0.15, -0.1) is 11.8 Å². The first-order valence-electron chi connectivity index (χ1n) is 17.6. The number of alkyl halides is 5. The highest BCUT2D eigenvalue weighted by atomic mass is 35.5. The van der Waals surface area contributed by atoms with E-state index in [-0.39, 0.29) is 39.4 Å². The number of aliphatic imine (C=N–C) groups is 1. The Bertz CT molecular complexity index is 1840. The second-order valence-corrected chi connectivity index (χ2v) is 14.5. The molecule has 3 heterocycles. The zero-order valence-electron chi connectivity index (χ0n) is 30.5. The molecule has 0 saturated carbocycles. The maximum absolute atomic E-state index is 14.5. The van der Waals surface area contributed by atoms with Gasteiger partial charge < -0.3 is 14.2 Å². The molecule has 0 atom stereocenters. The highest BCUT2D eigenvalue weighted by Gasteiger charge is 2.43. The second-order valence-electron chi connectivity index (χ2n) is 13.1. The predicted molar refractivity (Wildman–Crippen MR) is 193 cm³/mol. The van der Waals surface area contributed by atoms with E-state index in [0.717, 1.165) is 61.9 Å². The number of carbonyl (C=O) groups is 4. The van der Waals surface area contributed by atoms with Crippen molar-refractivity contribution in [2.24, 2.45) is 10.9 Å². The summed E-state index contributed by atoms with van der Waals surface area (Å²) < 4.78 is 97.2. The lowest BCUT2D eigenvalue weighted by Crippen LogP contribution is -2.32. The standard InChI is InChI=1S/C21H23ClFNO5.C16H17F5N2O2S/c1-2-3-6-9-28-19(25)12-29-18-11-17(16(23)10-15(18)22)24-20(26)13-7-4-5-8-14(13)21(24)27;1-7(2)6-8-9(15(24)25-3)11(13(17)18)23-12(16(19,20)21)10(8)14-22-4-5-26-14/h10-11H,2-9,12H2,1H3;7,13H,4-6H2,1-3H3. The number of halogens is 7. The summed E-state index contributed by atoms with van der Waals surface area (Å²) in [5.74, 6) is -3.27. The first kappa shape index (κ1) is 43.6. The summed E-state index contributed by atoms with van der Waals surface area (Å²) in [4.78, 5) is 57.3. The molecule has 0 bridgehead atoms. The summed E-state index contributed by atoms with van der Waals surface area (Å²) in [6, 6.07) is 2.15. The Morgan fingerprint density at radius 2 is 1.71 bits per heavy atom. The van der Waals surface area contributed by atoms with Gasteiger partial charge in [-0.05, 0) is 56.1 Å². The third-order valence-corrected chi connectivity index (χ3v) is 9.88. The average Bonchev–Trinajstić information content (AvgIpc) is 3.75. The first-order valence-corrected chi connectivity index (χ1v) is 18.9. The van der Waals surface area contributed by atoms with Crippen molar-refractivity contribution in [1.82, 2.24) is 4.98 Å². The van der Waals surface area contributed by atoms with E-state index in [9.17, 15) is 45.5 Å². The Morgan fingerprint density at radius 3 is 2.24 bits per heavy atom. The molecule has 2 aliphatic heterocycles. The van der Waals surface area contributed by atoms with Gasteiger partial charge in [0.1, 0.15) is 22.3 Å². The maximum Gasteiger partial charge on any atom is 0.434 e. The molecule has 2 aromatic rings. The van der Waals surface area contributed by atoms with Crippen molar-refractivity contribution < 1.29 is 59.7 Å². The average molecular weight is 820 g/mol. The van der Waals surface area contributed by atoms with Crippen molar-refractivity contribution in [3.05, 3.63) is 62.2 Å². The third kappa shape index (κ3) is 10.4. The number of aromatic nitrogens is 1. The minimum Gasteiger partial charge on any atom is -0.480 e. The van der Waals surface area contributed by atoms with Gasteiger partial charge in [-0.25, -0.2) is 32.6 Å². The van der Waals surface area contributed by atoms with E-state index < -0.39 is 71.3 Å². The fraction of sp³-hybridized carbons (Fsp3) is 0.514. The van der Waals surface area contributed by atoms with E-state index >= 15 is 0 Å². The normalized spacial score (nSPS) is 15.7. The molecule has 0 radical (unpaired) electrons. The van der Waals surface area contributed by atoms with Crippen LogP contribution in [0.5, 0.6) is 5.75 Å². The maximum atomic E-state index is 14.5. The second kappa shape index (κ2) is 19.2. The van der Waals surface area contributed by atoms with Gasteiger partial charge >= 0.3 is 18.1 Å². The molecule has 55 heavy (non-hydrogen) atoms. The quantitative estimate of drug-likeness (QED) is 0.0844. The summed E-state index contributed by atoms with van der Waals surface area (Å²) in [5.41, 5.74) is -3.12. The van der Waals surface area contributed by atoms with Crippen molar-refractivity contribution in [3.8, 4) is 5.75 Å².